The Morgan fingerprint density at radius 3 is 2.63 bits per heavy atom. The first-order valence-corrected chi connectivity index (χ1v) is 11.3. The Morgan fingerprint density at radius 1 is 1.23 bits per heavy atom. The zero-order chi connectivity index (χ0) is 25.5. The summed E-state index contributed by atoms with van der Waals surface area (Å²) in [7, 11) is 0. The number of amides is 1. The summed E-state index contributed by atoms with van der Waals surface area (Å²) >= 11 is 0. The number of carbonyl (C=O) groups excluding carboxylic acids is 1. The van der Waals surface area contributed by atoms with Gasteiger partial charge in [-0.2, -0.15) is 18.3 Å². The van der Waals surface area contributed by atoms with Gasteiger partial charge in [-0.25, -0.2) is 0 Å². The molecule has 0 saturated heterocycles. The molecule has 1 aliphatic carbocycles. The molecular formula is C26H26F3N3O3. The van der Waals surface area contributed by atoms with Crippen LogP contribution in [0.25, 0.3) is 0 Å². The molecule has 1 aliphatic heterocycles. The fourth-order valence-corrected chi connectivity index (χ4v) is 4.96. The second-order valence-electron chi connectivity index (χ2n) is 8.90. The van der Waals surface area contributed by atoms with Crippen LogP contribution >= 0.6 is 0 Å². The molecule has 3 atom stereocenters. The van der Waals surface area contributed by atoms with Crippen molar-refractivity contribution in [2.45, 2.75) is 50.9 Å². The minimum absolute atomic E-state index is 0.306. The van der Waals surface area contributed by atoms with E-state index in [9.17, 15) is 27.9 Å². The van der Waals surface area contributed by atoms with Crippen LogP contribution in [0.5, 0.6) is 5.75 Å². The number of carbonyl (C=O) groups is 1. The maximum atomic E-state index is 13.8. The second kappa shape index (κ2) is 9.20. The lowest BCUT2D eigenvalue weighted by atomic mass is 9.80. The Kier molecular flexibility index (Phi) is 6.44. The molecule has 0 bridgehead atoms. The van der Waals surface area contributed by atoms with Crippen LogP contribution in [0.4, 0.5) is 13.2 Å². The van der Waals surface area contributed by atoms with Gasteiger partial charge in [0.15, 0.2) is 11.4 Å². The molecule has 9 heteroatoms. The smallest absolute Gasteiger partial charge is 0.408 e. The highest BCUT2D eigenvalue weighted by Gasteiger charge is 2.48. The highest BCUT2D eigenvalue weighted by atomic mass is 19.4. The first-order valence-electron chi connectivity index (χ1n) is 11.3. The van der Waals surface area contributed by atoms with E-state index in [1.165, 1.54) is 4.68 Å². The molecule has 35 heavy (non-hydrogen) atoms. The molecule has 6 nitrogen and oxygen atoms in total. The van der Waals surface area contributed by atoms with Gasteiger partial charge in [-0.15, -0.1) is 0 Å². The number of hydrogen-bond acceptors (Lipinski definition) is 4. The Balaban J connectivity index is 2.01. The van der Waals surface area contributed by atoms with Crippen molar-refractivity contribution in [3.8, 4) is 5.75 Å². The fourth-order valence-electron chi connectivity index (χ4n) is 4.96. The van der Waals surface area contributed by atoms with Crippen molar-refractivity contribution in [2.24, 2.45) is 0 Å². The third kappa shape index (κ3) is 4.31. The molecule has 1 aromatic heterocycles. The fraction of sp³-hybridized carbons (Fsp3) is 0.346. The maximum Gasteiger partial charge on any atom is 0.408 e. The van der Waals surface area contributed by atoms with Crippen LogP contribution < -0.4 is 5.43 Å². The highest BCUT2D eigenvalue weighted by Crippen LogP contribution is 2.45. The Morgan fingerprint density at radius 2 is 1.94 bits per heavy atom. The lowest BCUT2D eigenvalue weighted by molar-refractivity contribution is -0.174. The predicted octanol–water partition coefficient (Wildman–Crippen LogP) is 4.69. The molecule has 3 unspecified atom stereocenters. The highest BCUT2D eigenvalue weighted by molar-refractivity contribution is 5.96. The van der Waals surface area contributed by atoms with Crippen molar-refractivity contribution in [3.05, 3.63) is 93.5 Å². The van der Waals surface area contributed by atoms with E-state index in [1.54, 1.807) is 12.2 Å². The molecule has 0 saturated carbocycles. The molecule has 1 N–H and O–H groups in total. The number of nitrogens with zero attached hydrogens (tertiary/aromatic N) is 3. The third-order valence-electron chi connectivity index (χ3n) is 6.87. The van der Waals surface area contributed by atoms with Gasteiger partial charge in [-0.1, -0.05) is 54.6 Å². The Bertz CT molecular complexity index is 1290. The molecule has 2 aromatic rings. The van der Waals surface area contributed by atoms with Crippen molar-refractivity contribution in [3.63, 3.8) is 0 Å². The summed E-state index contributed by atoms with van der Waals surface area (Å²) in [4.78, 5) is 26.0. The molecule has 4 rings (SSSR count). The summed E-state index contributed by atoms with van der Waals surface area (Å²) in [6.07, 6.45) is 2.94. The van der Waals surface area contributed by atoms with E-state index in [4.69, 9.17) is 0 Å². The lowest BCUT2D eigenvalue weighted by Crippen LogP contribution is -2.54. The third-order valence-corrected chi connectivity index (χ3v) is 6.87. The minimum Gasteiger partial charge on any atom is -0.502 e. The number of rotatable bonds is 4. The van der Waals surface area contributed by atoms with Crippen LogP contribution in [0.1, 0.15) is 53.8 Å². The van der Waals surface area contributed by atoms with E-state index >= 15 is 0 Å². The number of benzene rings is 1. The quantitative estimate of drug-likeness (QED) is 0.638. The molecular weight excluding hydrogens is 459 g/mol. The molecule has 0 fully saturated rings. The van der Waals surface area contributed by atoms with Gasteiger partial charge in [0.25, 0.3) is 5.91 Å². The topological polar surface area (TPSA) is 75.4 Å². The average molecular weight is 486 g/mol. The van der Waals surface area contributed by atoms with Crippen molar-refractivity contribution >= 4 is 5.91 Å². The van der Waals surface area contributed by atoms with Crippen molar-refractivity contribution in [2.75, 3.05) is 6.54 Å². The number of aromatic hydroxyl groups is 1. The first-order chi connectivity index (χ1) is 16.6. The molecule has 2 heterocycles. The van der Waals surface area contributed by atoms with Crippen LogP contribution in [0.3, 0.4) is 0 Å². The van der Waals surface area contributed by atoms with Gasteiger partial charge in [0, 0.05) is 12.5 Å². The number of aryl methyl sites for hydroxylation is 1. The van der Waals surface area contributed by atoms with Gasteiger partial charge in [-0.05, 0) is 43.4 Å². The number of aromatic nitrogens is 2. The van der Waals surface area contributed by atoms with Crippen LogP contribution in [0, 0.1) is 0 Å². The van der Waals surface area contributed by atoms with Crippen molar-refractivity contribution in [1.82, 2.24) is 14.7 Å². The van der Waals surface area contributed by atoms with E-state index in [0.717, 1.165) is 48.2 Å². The van der Waals surface area contributed by atoms with Gasteiger partial charge in [0.2, 0.25) is 5.43 Å². The molecule has 0 spiro atoms. The first kappa shape index (κ1) is 24.5. The number of alkyl halides is 3. The zero-order valence-electron chi connectivity index (χ0n) is 19.4. The van der Waals surface area contributed by atoms with Gasteiger partial charge in [-0.3, -0.25) is 14.3 Å². The number of halogens is 3. The Labute approximate surface area is 200 Å². The van der Waals surface area contributed by atoms with Gasteiger partial charge >= 0.3 is 6.18 Å². The molecule has 0 radical (unpaired) electrons. The second-order valence-corrected chi connectivity index (χ2v) is 8.90. The molecule has 1 aromatic carbocycles. The largest absolute Gasteiger partial charge is 0.502 e. The van der Waals surface area contributed by atoms with Crippen LogP contribution in [0.15, 0.2) is 71.2 Å². The van der Waals surface area contributed by atoms with Crippen molar-refractivity contribution in [1.29, 1.82) is 0 Å². The zero-order valence-corrected chi connectivity index (χ0v) is 19.4. The summed E-state index contributed by atoms with van der Waals surface area (Å²) in [5.41, 5.74) is 2.40. The summed E-state index contributed by atoms with van der Waals surface area (Å²) in [6, 6.07) is 4.75. The van der Waals surface area contributed by atoms with Crippen LogP contribution in [-0.2, 0) is 6.42 Å². The monoisotopic (exact) mass is 485 g/mol. The summed E-state index contributed by atoms with van der Waals surface area (Å²) in [6.45, 7) is 6.30. The van der Waals surface area contributed by atoms with E-state index in [2.05, 4.69) is 11.7 Å². The van der Waals surface area contributed by atoms with Crippen molar-refractivity contribution < 1.29 is 23.1 Å². The normalized spacial score (nSPS) is 21.5. The summed E-state index contributed by atoms with van der Waals surface area (Å²) in [5.74, 6) is -2.48. The van der Waals surface area contributed by atoms with Gasteiger partial charge in [0.1, 0.15) is 6.04 Å². The lowest BCUT2D eigenvalue weighted by Gasteiger charge is -2.42. The predicted molar refractivity (Wildman–Crippen MR) is 125 cm³/mol. The van der Waals surface area contributed by atoms with Gasteiger partial charge in [0.05, 0.1) is 12.2 Å². The number of hydrogen-bond donors (Lipinski definition) is 1. The molecule has 184 valence electrons. The average Bonchev–Trinajstić information content (AvgIpc) is 2.95. The van der Waals surface area contributed by atoms with E-state index in [-0.39, 0.29) is 6.54 Å². The number of fused-ring (bicyclic) bond motifs is 2. The standard InChI is InChI=1S/C26H26F3N3O3/c1-4-5-9-18-15(2)11-12-17-8-6-7-10-19(17)22(18)20-14-31(16(3)26(27,28)29)25(35)23-24(34)21(33)13-30-32(20)23/h4-10,13,16,20,22,34H,1,11-12,14H2,2-3H3/b9-5-. The van der Waals surface area contributed by atoms with Crippen LogP contribution in [0.2, 0.25) is 0 Å². The maximum absolute atomic E-state index is 13.8. The van der Waals surface area contributed by atoms with E-state index in [0.29, 0.717) is 4.90 Å². The SMILES string of the molecule is C=C/C=C\C1=C(C)CCc2ccccc2C1C1CN(C(C)C(F)(F)F)C(=O)c2c(O)c(=O)cnn21. The minimum atomic E-state index is -4.70. The van der Waals surface area contributed by atoms with E-state index in [1.807, 2.05) is 37.3 Å². The molecule has 1 amide bonds. The summed E-state index contributed by atoms with van der Waals surface area (Å²) in [5, 5.41) is 14.6. The summed E-state index contributed by atoms with van der Waals surface area (Å²) < 4.78 is 42.5. The number of allylic oxidation sites excluding steroid dienone is 5. The van der Waals surface area contributed by atoms with Crippen LogP contribution in [-0.4, -0.2) is 44.5 Å². The Hall–Kier alpha value is -3.62. The molecule has 2 aliphatic rings. The van der Waals surface area contributed by atoms with E-state index < -0.39 is 47.0 Å². The van der Waals surface area contributed by atoms with Gasteiger partial charge < -0.3 is 10.0 Å².